The third kappa shape index (κ3) is 1.61. The van der Waals surface area contributed by atoms with Gasteiger partial charge in [-0.05, 0) is 29.8 Å². The molecule has 0 aromatic heterocycles. The van der Waals surface area contributed by atoms with Crippen LogP contribution in [0.2, 0.25) is 0 Å². The number of hydrogen-bond acceptors (Lipinski definition) is 4. The molecule has 0 radical (unpaired) electrons. The summed E-state index contributed by atoms with van der Waals surface area (Å²) >= 11 is 0. The van der Waals surface area contributed by atoms with E-state index in [1.807, 2.05) is 0 Å². The topological polar surface area (TPSA) is 50.7 Å². The van der Waals surface area contributed by atoms with Crippen LogP contribution < -0.4 is 10.1 Å². The molecule has 1 heterocycles. The van der Waals surface area contributed by atoms with Crippen LogP contribution in [0.4, 0.5) is 11.4 Å². The second-order valence-corrected chi connectivity index (χ2v) is 2.90. The molecule has 4 nitrogen and oxygen atoms in total. The van der Waals surface area contributed by atoms with Crippen LogP contribution in [0.1, 0.15) is 6.42 Å². The molecule has 1 aliphatic heterocycles. The molecule has 1 aromatic rings. The van der Waals surface area contributed by atoms with Gasteiger partial charge in [-0.15, -0.1) is 4.91 Å². The number of rotatable bonds is 1. The van der Waals surface area contributed by atoms with Crippen molar-refractivity contribution < 1.29 is 4.74 Å². The number of benzene rings is 1. The molecule has 0 amide bonds. The van der Waals surface area contributed by atoms with Crippen molar-refractivity contribution in [3.05, 3.63) is 23.1 Å². The summed E-state index contributed by atoms with van der Waals surface area (Å²) in [6, 6.07) is 5.12. The van der Waals surface area contributed by atoms with Crippen molar-refractivity contribution in [2.24, 2.45) is 5.18 Å². The van der Waals surface area contributed by atoms with Crippen LogP contribution >= 0.6 is 0 Å². The second-order valence-electron chi connectivity index (χ2n) is 2.90. The van der Waals surface area contributed by atoms with E-state index in [4.69, 9.17) is 4.74 Å². The standard InChI is InChI=1S/C9H10N2O2/c12-11-7-2-3-9-8(6-7)10-4-1-5-13-9/h2-3,6,10H,1,4-5H2. The number of hydrogen-bond donors (Lipinski definition) is 1. The molecule has 1 aromatic carbocycles. The van der Waals surface area contributed by atoms with Crippen LogP contribution in [0.15, 0.2) is 23.4 Å². The molecule has 0 spiro atoms. The summed E-state index contributed by atoms with van der Waals surface area (Å²) in [6.07, 6.45) is 0.971. The number of fused-ring (bicyclic) bond motifs is 1. The number of ether oxygens (including phenoxy) is 1. The Kier molecular flexibility index (Phi) is 2.12. The van der Waals surface area contributed by atoms with E-state index in [1.54, 1.807) is 18.2 Å². The fourth-order valence-electron chi connectivity index (χ4n) is 1.32. The zero-order valence-corrected chi connectivity index (χ0v) is 7.12. The van der Waals surface area contributed by atoms with E-state index in [1.165, 1.54) is 0 Å². The average molecular weight is 178 g/mol. The van der Waals surface area contributed by atoms with Crippen LogP contribution in [-0.4, -0.2) is 13.2 Å². The van der Waals surface area contributed by atoms with E-state index in [0.717, 1.165) is 24.4 Å². The molecule has 0 saturated heterocycles. The van der Waals surface area contributed by atoms with Gasteiger partial charge in [0.05, 0.1) is 12.3 Å². The largest absolute Gasteiger partial charge is 0.491 e. The third-order valence-corrected chi connectivity index (χ3v) is 1.96. The van der Waals surface area contributed by atoms with E-state index in [2.05, 4.69) is 10.5 Å². The Morgan fingerprint density at radius 2 is 2.38 bits per heavy atom. The highest BCUT2D eigenvalue weighted by Gasteiger charge is 2.08. The second kappa shape index (κ2) is 3.43. The van der Waals surface area contributed by atoms with Crippen molar-refractivity contribution in [3.8, 4) is 5.75 Å². The third-order valence-electron chi connectivity index (χ3n) is 1.96. The molecule has 2 rings (SSSR count). The van der Waals surface area contributed by atoms with Gasteiger partial charge in [0.2, 0.25) is 0 Å². The van der Waals surface area contributed by atoms with Gasteiger partial charge in [-0.2, -0.15) is 0 Å². The van der Waals surface area contributed by atoms with Crippen LogP contribution in [0.3, 0.4) is 0 Å². The molecule has 0 aliphatic carbocycles. The lowest BCUT2D eigenvalue weighted by atomic mass is 10.2. The minimum Gasteiger partial charge on any atom is -0.491 e. The van der Waals surface area contributed by atoms with Gasteiger partial charge in [0.15, 0.2) is 0 Å². The van der Waals surface area contributed by atoms with Gasteiger partial charge >= 0.3 is 0 Å². The van der Waals surface area contributed by atoms with E-state index in [9.17, 15) is 4.91 Å². The Labute approximate surface area is 75.9 Å². The van der Waals surface area contributed by atoms with Gasteiger partial charge in [0.1, 0.15) is 11.4 Å². The summed E-state index contributed by atoms with van der Waals surface area (Å²) in [6.45, 7) is 1.59. The maximum Gasteiger partial charge on any atom is 0.142 e. The lowest BCUT2D eigenvalue weighted by Gasteiger charge is -2.06. The van der Waals surface area contributed by atoms with E-state index in [-0.39, 0.29) is 0 Å². The molecular formula is C9H10N2O2. The van der Waals surface area contributed by atoms with Crippen molar-refractivity contribution in [3.63, 3.8) is 0 Å². The van der Waals surface area contributed by atoms with Crippen LogP contribution in [-0.2, 0) is 0 Å². The summed E-state index contributed by atoms with van der Waals surface area (Å²) in [5.41, 5.74) is 1.28. The number of nitrogens with one attached hydrogen (secondary N) is 1. The van der Waals surface area contributed by atoms with Gasteiger partial charge in [-0.1, -0.05) is 0 Å². The smallest absolute Gasteiger partial charge is 0.142 e. The van der Waals surface area contributed by atoms with E-state index < -0.39 is 0 Å². The van der Waals surface area contributed by atoms with E-state index >= 15 is 0 Å². The minimum absolute atomic E-state index is 0.428. The zero-order chi connectivity index (χ0) is 9.10. The molecule has 0 atom stereocenters. The van der Waals surface area contributed by atoms with Crippen molar-refractivity contribution >= 4 is 11.4 Å². The van der Waals surface area contributed by atoms with Gasteiger partial charge < -0.3 is 10.1 Å². The summed E-state index contributed by atoms with van der Waals surface area (Å²) in [7, 11) is 0. The quantitative estimate of drug-likeness (QED) is 0.671. The predicted molar refractivity (Wildman–Crippen MR) is 50.5 cm³/mol. The van der Waals surface area contributed by atoms with Gasteiger partial charge in [0, 0.05) is 6.54 Å². The Balaban J connectivity index is 2.37. The maximum absolute atomic E-state index is 10.3. The van der Waals surface area contributed by atoms with Crippen molar-refractivity contribution in [1.82, 2.24) is 0 Å². The number of nitrogens with zero attached hydrogens (tertiary/aromatic N) is 1. The highest BCUT2D eigenvalue weighted by molar-refractivity contribution is 5.63. The van der Waals surface area contributed by atoms with Crippen LogP contribution in [0, 0.1) is 4.91 Å². The molecule has 1 N–H and O–H groups in total. The molecule has 0 saturated carbocycles. The van der Waals surface area contributed by atoms with Gasteiger partial charge in [-0.25, -0.2) is 0 Å². The monoisotopic (exact) mass is 178 g/mol. The van der Waals surface area contributed by atoms with Crippen LogP contribution in [0.25, 0.3) is 0 Å². The highest BCUT2D eigenvalue weighted by Crippen LogP contribution is 2.30. The molecular weight excluding hydrogens is 168 g/mol. The lowest BCUT2D eigenvalue weighted by Crippen LogP contribution is -1.99. The fraction of sp³-hybridized carbons (Fsp3) is 0.333. The number of nitroso groups, excluding NO2 is 1. The van der Waals surface area contributed by atoms with Crippen molar-refractivity contribution in [2.75, 3.05) is 18.5 Å². The lowest BCUT2D eigenvalue weighted by molar-refractivity contribution is 0.323. The fourth-order valence-corrected chi connectivity index (χ4v) is 1.32. The Morgan fingerprint density at radius 3 is 3.23 bits per heavy atom. The Bertz CT molecular complexity index is 325. The summed E-state index contributed by atoms with van der Waals surface area (Å²) < 4.78 is 5.44. The molecule has 0 bridgehead atoms. The average Bonchev–Trinajstić information content (AvgIpc) is 2.41. The van der Waals surface area contributed by atoms with E-state index in [0.29, 0.717) is 12.3 Å². The molecule has 4 heteroatoms. The summed E-state index contributed by atoms with van der Waals surface area (Å²) in [5, 5.41) is 6.04. The van der Waals surface area contributed by atoms with Gasteiger partial charge in [0.25, 0.3) is 0 Å². The highest BCUT2D eigenvalue weighted by atomic mass is 16.5. The number of anilines is 1. The van der Waals surface area contributed by atoms with Crippen molar-refractivity contribution in [2.45, 2.75) is 6.42 Å². The first kappa shape index (κ1) is 8.04. The minimum atomic E-state index is 0.428. The predicted octanol–water partition coefficient (Wildman–Crippen LogP) is 2.28. The normalized spacial score (nSPS) is 14.8. The summed E-state index contributed by atoms with van der Waals surface area (Å²) in [4.78, 5) is 10.3. The maximum atomic E-state index is 10.3. The first-order valence-corrected chi connectivity index (χ1v) is 4.24. The first-order valence-electron chi connectivity index (χ1n) is 4.24. The molecule has 13 heavy (non-hydrogen) atoms. The zero-order valence-electron chi connectivity index (χ0n) is 7.12. The van der Waals surface area contributed by atoms with Crippen LogP contribution in [0.5, 0.6) is 5.75 Å². The van der Waals surface area contributed by atoms with Crippen molar-refractivity contribution in [1.29, 1.82) is 0 Å². The Hall–Kier alpha value is -1.58. The Morgan fingerprint density at radius 1 is 1.46 bits per heavy atom. The van der Waals surface area contributed by atoms with Gasteiger partial charge in [-0.3, -0.25) is 0 Å². The SMILES string of the molecule is O=Nc1ccc2c(c1)NCCCO2. The first-order chi connectivity index (χ1) is 6.40. The molecule has 68 valence electrons. The molecule has 0 unspecified atom stereocenters. The summed E-state index contributed by atoms with van der Waals surface area (Å²) in [5.74, 6) is 0.796. The molecule has 1 aliphatic rings. The molecule has 0 fully saturated rings.